The molecule has 0 unspecified atom stereocenters. The molecule has 0 aliphatic rings. The number of halogens is 2. The molecule has 0 amide bonds. The average molecular weight is 321 g/mol. The van der Waals surface area contributed by atoms with Crippen LogP contribution in [0.2, 0.25) is 5.15 Å². The monoisotopic (exact) mass is 319 g/mol. The largest absolute Gasteiger partial charge is 0.321 e. The van der Waals surface area contributed by atoms with E-state index in [-0.39, 0.29) is 0 Å². The number of imidazole rings is 1. The summed E-state index contributed by atoms with van der Waals surface area (Å²) in [7, 11) is 1.91. The highest BCUT2D eigenvalue weighted by molar-refractivity contribution is 9.11. The van der Waals surface area contributed by atoms with Gasteiger partial charge in [0.2, 0.25) is 0 Å². The zero-order chi connectivity index (χ0) is 11.5. The fourth-order valence-electron chi connectivity index (χ4n) is 1.33. The SMILES string of the molecule is Cn1c(Cl)cnc1CNCc1ccc(Br)s1. The maximum absolute atomic E-state index is 5.90. The van der Waals surface area contributed by atoms with Crippen molar-refractivity contribution < 1.29 is 0 Å². The summed E-state index contributed by atoms with van der Waals surface area (Å²) < 4.78 is 3.03. The Hall–Kier alpha value is -0.360. The summed E-state index contributed by atoms with van der Waals surface area (Å²) in [4.78, 5) is 5.51. The van der Waals surface area contributed by atoms with Crippen LogP contribution in [0.5, 0.6) is 0 Å². The van der Waals surface area contributed by atoms with Crippen LogP contribution in [0, 0.1) is 0 Å². The molecule has 86 valence electrons. The summed E-state index contributed by atoms with van der Waals surface area (Å²) in [6, 6.07) is 4.16. The van der Waals surface area contributed by atoms with Crippen LogP contribution in [0.4, 0.5) is 0 Å². The second-order valence-electron chi connectivity index (χ2n) is 3.37. The molecule has 0 fully saturated rings. The zero-order valence-electron chi connectivity index (χ0n) is 8.70. The van der Waals surface area contributed by atoms with Gasteiger partial charge in [0.15, 0.2) is 0 Å². The number of nitrogens with zero attached hydrogens (tertiary/aromatic N) is 2. The van der Waals surface area contributed by atoms with Crippen molar-refractivity contribution in [2.24, 2.45) is 7.05 Å². The topological polar surface area (TPSA) is 29.9 Å². The van der Waals surface area contributed by atoms with Crippen LogP contribution in [-0.2, 0) is 20.1 Å². The first kappa shape index (κ1) is 12.1. The molecule has 6 heteroatoms. The van der Waals surface area contributed by atoms with Crippen LogP contribution in [-0.4, -0.2) is 9.55 Å². The van der Waals surface area contributed by atoms with Crippen molar-refractivity contribution in [2.75, 3.05) is 0 Å². The first-order valence-corrected chi connectivity index (χ1v) is 6.76. The predicted octanol–water partition coefficient (Wildman–Crippen LogP) is 3.19. The van der Waals surface area contributed by atoms with Crippen molar-refractivity contribution in [3.8, 4) is 0 Å². The highest BCUT2D eigenvalue weighted by Crippen LogP contribution is 2.21. The first-order valence-electron chi connectivity index (χ1n) is 4.78. The molecular formula is C10H11BrClN3S. The van der Waals surface area contributed by atoms with Gasteiger partial charge in [-0.05, 0) is 28.1 Å². The Balaban J connectivity index is 1.86. The highest BCUT2D eigenvalue weighted by atomic mass is 79.9. The van der Waals surface area contributed by atoms with E-state index in [9.17, 15) is 0 Å². The fourth-order valence-corrected chi connectivity index (χ4v) is 2.93. The normalized spacial score (nSPS) is 10.9. The van der Waals surface area contributed by atoms with Gasteiger partial charge in [0.25, 0.3) is 0 Å². The van der Waals surface area contributed by atoms with Crippen LogP contribution < -0.4 is 5.32 Å². The van der Waals surface area contributed by atoms with E-state index in [0.29, 0.717) is 5.15 Å². The molecular weight excluding hydrogens is 310 g/mol. The standard InChI is InChI=1S/C10H11BrClN3S/c1-15-9(12)5-14-10(15)6-13-4-7-2-3-8(11)16-7/h2-3,5,13H,4,6H2,1H3. The predicted molar refractivity (Wildman–Crippen MR) is 70.8 cm³/mol. The molecule has 0 saturated carbocycles. The lowest BCUT2D eigenvalue weighted by Crippen LogP contribution is -2.15. The van der Waals surface area contributed by atoms with Gasteiger partial charge in [-0.25, -0.2) is 4.98 Å². The third-order valence-corrected chi connectivity index (χ3v) is 4.21. The van der Waals surface area contributed by atoms with Gasteiger partial charge in [0.1, 0.15) is 11.0 Å². The minimum absolute atomic E-state index is 0.663. The molecule has 0 atom stereocenters. The summed E-state index contributed by atoms with van der Waals surface area (Å²) >= 11 is 11.1. The molecule has 0 bridgehead atoms. The summed E-state index contributed by atoms with van der Waals surface area (Å²) in [6.07, 6.45) is 1.67. The quantitative estimate of drug-likeness (QED) is 0.937. The summed E-state index contributed by atoms with van der Waals surface area (Å²) in [5, 5.41) is 4.00. The van der Waals surface area contributed by atoms with E-state index in [1.165, 1.54) is 4.88 Å². The Morgan fingerprint density at radius 1 is 1.50 bits per heavy atom. The van der Waals surface area contributed by atoms with Gasteiger partial charge in [0, 0.05) is 18.5 Å². The maximum Gasteiger partial charge on any atom is 0.128 e. The maximum atomic E-state index is 5.90. The second kappa shape index (κ2) is 5.31. The molecule has 0 aliphatic carbocycles. The molecule has 2 rings (SSSR count). The third kappa shape index (κ3) is 2.85. The van der Waals surface area contributed by atoms with Gasteiger partial charge in [-0.1, -0.05) is 11.6 Å². The Kier molecular flexibility index (Phi) is 4.02. The highest BCUT2D eigenvalue weighted by Gasteiger charge is 2.04. The van der Waals surface area contributed by atoms with Crippen molar-refractivity contribution in [1.29, 1.82) is 0 Å². The number of hydrogen-bond donors (Lipinski definition) is 1. The van der Waals surface area contributed by atoms with Gasteiger partial charge in [-0.15, -0.1) is 11.3 Å². The average Bonchev–Trinajstić information content (AvgIpc) is 2.79. The fraction of sp³-hybridized carbons (Fsp3) is 0.300. The van der Waals surface area contributed by atoms with Crippen LogP contribution >= 0.6 is 38.9 Å². The molecule has 0 aromatic carbocycles. The van der Waals surface area contributed by atoms with Crippen molar-refractivity contribution in [1.82, 2.24) is 14.9 Å². The van der Waals surface area contributed by atoms with Crippen LogP contribution in [0.3, 0.4) is 0 Å². The summed E-state index contributed by atoms with van der Waals surface area (Å²) in [5.74, 6) is 0.945. The lowest BCUT2D eigenvalue weighted by molar-refractivity contribution is 0.644. The molecule has 2 aromatic rings. The van der Waals surface area contributed by atoms with Crippen molar-refractivity contribution in [3.05, 3.63) is 38.0 Å². The van der Waals surface area contributed by atoms with Crippen molar-refractivity contribution in [3.63, 3.8) is 0 Å². The number of hydrogen-bond acceptors (Lipinski definition) is 3. The van der Waals surface area contributed by atoms with Gasteiger partial charge < -0.3 is 9.88 Å². The molecule has 2 aromatic heterocycles. The molecule has 0 aliphatic heterocycles. The van der Waals surface area contributed by atoms with Crippen molar-refractivity contribution in [2.45, 2.75) is 13.1 Å². The first-order chi connectivity index (χ1) is 7.66. The zero-order valence-corrected chi connectivity index (χ0v) is 11.9. The van der Waals surface area contributed by atoms with Crippen LogP contribution in [0.1, 0.15) is 10.7 Å². The third-order valence-electron chi connectivity index (χ3n) is 2.24. The van der Waals surface area contributed by atoms with E-state index in [4.69, 9.17) is 11.6 Å². The Labute approximate surface area is 112 Å². The molecule has 3 nitrogen and oxygen atoms in total. The lowest BCUT2D eigenvalue weighted by Gasteiger charge is -2.03. The van der Waals surface area contributed by atoms with Gasteiger partial charge >= 0.3 is 0 Å². The van der Waals surface area contributed by atoms with E-state index in [0.717, 1.165) is 22.7 Å². The van der Waals surface area contributed by atoms with E-state index >= 15 is 0 Å². The molecule has 1 N–H and O–H groups in total. The van der Waals surface area contributed by atoms with Crippen LogP contribution in [0.15, 0.2) is 22.1 Å². The van der Waals surface area contributed by atoms with Gasteiger partial charge in [-0.3, -0.25) is 0 Å². The number of nitrogens with one attached hydrogen (secondary N) is 1. The molecule has 16 heavy (non-hydrogen) atoms. The summed E-state index contributed by atoms with van der Waals surface area (Å²) in [6.45, 7) is 1.57. The Bertz CT molecular complexity index is 480. The minimum atomic E-state index is 0.663. The van der Waals surface area contributed by atoms with Gasteiger partial charge in [0.05, 0.1) is 16.5 Å². The summed E-state index contributed by atoms with van der Waals surface area (Å²) in [5.41, 5.74) is 0. The molecule has 0 spiro atoms. The van der Waals surface area contributed by atoms with Gasteiger partial charge in [-0.2, -0.15) is 0 Å². The Morgan fingerprint density at radius 2 is 2.31 bits per heavy atom. The molecule has 0 radical (unpaired) electrons. The minimum Gasteiger partial charge on any atom is -0.321 e. The van der Waals surface area contributed by atoms with E-state index < -0.39 is 0 Å². The number of rotatable bonds is 4. The smallest absolute Gasteiger partial charge is 0.128 e. The number of thiophene rings is 1. The number of aromatic nitrogens is 2. The van der Waals surface area contributed by atoms with Crippen molar-refractivity contribution >= 4 is 38.9 Å². The van der Waals surface area contributed by atoms with E-state index in [1.807, 2.05) is 11.6 Å². The Morgan fingerprint density at radius 3 is 2.88 bits per heavy atom. The molecule has 0 saturated heterocycles. The molecule has 2 heterocycles. The lowest BCUT2D eigenvalue weighted by atomic mass is 10.4. The van der Waals surface area contributed by atoms with E-state index in [2.05, 4.69) is 38.4 Å². The van der Waals surface area contributed by atoms with E-state index in [1.54, 1.807) is 17.5 Å². The second-order valence-corrected chi connectivity index (χ2v) is 6.30. The van der Waals surface area contributed by atoms with Crippen LogP contribution in [0.25, 0.3) is 0 Å².